The van der Waals surface area contributed by atoms with Crippen molar-refractivity contribution in [1.29, 1.82) is 0 Å². The Morgan fingerprint density at radius 2 is 1.73 bits per heavy atom. The summed E-state index contributed by atoms with van der Waals surface area (Å²) in [5.74, 6) is 0. The summed E-state index contributed by atoms with van der Waals surface area (Å²) in [4.78, 5) is 19.8. The number of hydrogen-bond donors (Lipinski definition) is 2. The summed E-state index contributed by atoms with van der Waals surface area (Å²) in [6, 6.07) is 19.7. The lowest BCUT2D eigenvalue weighted by molar-refractivity contribution is 0.186. The van der Waals surface area contributed by atoms with E-state index in [0.717, 1.165) is 11.1 Å². The van der Waals surface area contributed by atoms with Gasteiger partial charge in [-0.15, -0.1) is 4.73 Å². The van der Waals surface area contributed by atoms with E-state index in [4.69, 9.17) is 0 Å². The Bertz CT molecular complexity index is 1110. The van der Waals surface area contributed by atoms with Gasteiger partial charge in [0.1, 0.15) is 6.33 Å². The first-order chi connectivity index (χ1) is 12.7. The van der Waals surface area contributed by atoms with E-state index in [1.807, 2.05) is 30.3 Å². The molecule has 2 aromatic heterocycles. The highest BCUT2D eigenvalue weighted by Gasteiger charge is 2.09. The minimum absolute atomic E-state index is 0.175. The van der Waals surface area contributed by atoms with Crippen LogP contribution in [0.1, 0.15) is 5.56 Å². The van der Waals surface area contributed by atoms with E-state index in [-0.39, 0.29) is 5.65 Å². The van der Waals surface area contributed by atoms with Crippen LogP contribution in [-0.4, -0.2) is 19.9 Å². The lowest BCUT2D eigenvalue weighted by Crippen LogP contribution is -2.19. The molecule has 0 aliphatic carbocycles. The number of rotatable bonds is 4. The molecule has 4 aromatic rings. The van der Waals surface area contributed by atoms with Crippen molar-refractivity contribution >= 4 is 16.7 Å². The van der Waals surface area contributed by atoms with Crippen LogP contribution < -0.4 is 10.9 Å². The molecule has 2 aromatic carbocycles. The third-order valence-corrected chi connectivity index (χ3v) is 4.20. The maximum atomic E-state index is 11.9. The fourth-order valence-electron chi connectivity index (χ4n) is 2.84. The van der Waals surface area contributed by atoms with Gasteiger partial charge in [-0.05, 0) is 16.7 Å². The molecule has 2 heterocycles. The largest absolute Gasteiger partial charge is 0.423 e. The summed E-state index contributed by atoms with van der Waals surface area (Å²) in [6.07, 6.45) is 2.86. The van der Waals surface area contributed by atoms with Gasteiger partial charge in [0.2, 0.25) is 0 Å². The van der Waals surface area contributed by atoms with E-state index >= 15 is 0 Å². The van der Waals surface area contributed by atoms with Gasteiger partial charge in [0, 0.05) is 18.8 Å². The van der Waals surface area contributed by atoms with Crippen molar-refractivity contribution in [2.75, 3.05) is 5.32 Å². The van der Waals surface area contributed by atoms with Crippen molar-refractivity contribution in [3.63, 3.8) is 0 Å². The second kappa shape index (κ2) is 6.68. The van der Waals surface area contributed by atoms with Crippen LogP contribution in [0.4, 0.5) is 5.69 Å². The first kappa shape index (κ1) is 15.8. The number of fused-ring (bicyclic) bond motifs is 1. The molecule has 0 radical (unpaired) electrons. The molecule has 0 spiro atoms. The number of nitrogens with zero attached hydrogens (tertiary/aromatic N) is 3. The summed E-state index contributed by atoms with van der Waals surface area (Å²) in [5, 5.41) is 13.6. The van der Waals surface area contributed by atoms with Crippen LogP contribution in [0, 0.1) is 0 Å². The SMILES string of the molecule is O=c1cc(NCc2ccc(-c3ccccc3)cc2)c2cncnc2n1O. The van der Waals surface area contributed by atoms with Gasteiger partial charge in [-0.1, -0.05) is 54.6 Å². The van der Waals surface area contributed by atoms with Gasteiger partial charge in [-0.25, -0.2) is 9.97 Å². The van der Waals surface area contributed by atoms with E-state index < -0.39 is 5.56 Å². The zero-order valence-corrected chi connectivity index (χ0v) is 13.8. The zero-order valence-electron chi connectivity index (χ0n) is 13.8. The zero-order chi connectivity index (χ0) is 17.9. The molecule has 6 heteroatoms. The number of anilines is 1. The average molecular weight is 344 g/mol. The Kier molecular flexibility index (Phi) is 4.07. The molecule has 0 saturated heterocycles. The second-order valence-corrected chi connectivity index (χ2v) is 5.88. The van der Waals surface area contributed by atoms with Crippen LogP contribution in [0.25, 0.3) is 22.2 Å². The van der Waals surface area contributed by atoms with E-state index in [1.54, 1.807) is 6.20 Å². The van der Waals surface area contributed by atoms with Gasteiger partial charge in [0.15, 0.2) is 5.65 Å². The number of pyridine rings is 1. The Morgan fingerprint density at radius 1 is 1.00 bits per heavy atom. The molecular formula is C20H16N4O2. The Balaban J connectivity index is 1.57. The van der Waals surface area contributed by atoms with Crippen LogP contribution >= 0.6 is 0 Å². The van der Waals surface area contributed by atoms with Gasteiger partial charge < -0.3 is 10.5 Å². The lowest BCUT2D eigenvalue weighted by Gasteiger charge is -2.11. The van der Waals surface area contributed by atoms with Gasteiger partial charge in [-0.3, -0.25) is 4.79 Å². The first-order valence-electron chi connectivity index (χ1n) is 8.15. The molecule has 0 bridgehead atoms. The molecule has 0 amide bonds. The topological polar surface area (TPSA) is 80.0 Å². The Morgan fingerprint density at radius 3 is 2.50 bits per heavy atom. The molecular weight excluding hydrogens is 328 g/mol. The summed E-state index contributed by atoms with van der Waals surface area (Å²) >= 11 is 0. The summed E-state index contributed by atoms with van der Waals surface area (Å²) in [7, 11) is 0. The monoisotopic (exact) mass is 344 g/mol. The van der Waals surface area contributed by atoms with Crippen LogP contribution in [0.3, 0.4) is 0 Å². The molecule has 0 unspecified atom stereocenters. The normalized spacial score (nSPS) is 10.8. The fraction of sp³-hybridized carbons (Fsp3) is 0.0500. The average Bonchev–Trinajstić information content (AvgIpc) is 2.71. The molecule has 0 aliphatic rings. The molecule has 4 rings (SSSR count). The molecule has 0 atom stereocenters. The van der Waals surface area contributed by atoms with Crippen molar-refractivity contribution in [2.24, 2.45) is 0 Å². The second-order valence-electron chi connectivity index (χ2n) is 5.88. The van der Waals surface area contributed by atoms with Crippen molar-refractivity contribution in [3.8, 4) is 11.1 Å². The minimum atomic E-state index is -0.543. The van der Waals surface area contributed by atoms with Crippen LogP contribution in [0.5, 0.6) is 0 Å². The molecule has 0 aliphatic heterocycles. The van der Waals surface area contributed by atoms with Gasteiger partial charge in [0.05, 0.1) is 11.1 Å². The number of benzene rings is 2. The summed E-state index contributed by atoms with van der Waals surface area (Å²) < 4.78 is 0.525. The number of nitrogens with one attached hydrogen (secondary N) is 1. The standard InChI is InChI=1S/C20H16N4O2/c25-19-10-18(17-12-21-13-23-20(17)24(19)26)22-11-14-6-8-16(9-7-14)15-4-2-1-3-5-15/h1-10,12-13,22,26H,11H2. The maximum absolute atomic E-state index is 11.9. The number of aromatic nitrogens is 3. The van der Waals surface area contributed by atoms with Crippen LogP contribution in [0.15, 0.2) is 78.0 Å². The Labute approximate surface area is 149 Å². The van der Waals surface area contributed by atoms with E-state index in [1.165, 1.54) is 18.0 Å². The first-order valence-corrected chi connectivity index (χ1v) is 8.15. The third-order valence-electron chi connectivity index (χ3n) is 4.20. The summed E-state index contributed by atoms with van der Waals surface area (Å²) in [5.41, 5.74) is 3.61. The van der Waals surface area contributed by atoms with E-state index in [9.17, 15) is 10.0 Å². The van der Waals surface area contributed by atoms with Crippen molar-refractivity contribution in [3.05, 3.63) is 89.1 Å². The maximum Gasteiger partial charge on any atom is 0.286 e. The molecule has 26 heavy (non-hydrogen) atoms. The highest BCUT2D eigenvalue weighted by Crippen LogP contribution is 2.21. The molecule has 0 fully saturated rings. The lowest BCUT2D eigenvalue weighted by atomic mass is 10.0. The highest BCUT2D eigenvalue weighted by molar-refractivity contribution is 5.87. The Hall–Kier alpha value is -3.67. The molecule has 2 N–H and O–H groups in total. The van der Waals surface area contributed by atoms with Crippen LogP contribution in [-0.2, 0) is 6.54 Å². The molecule has 6 nitrogen and oxygen atoms in total. The molecule has 0 saturated carbocycles. The predicted octanol–water partition coefficient (Wildman–Crippen LogP) is 3.31. The van der Waals surface area contributed by atoms with Crippen molar-refractivity contribution in [2.45, 2.75) is 6.54 Å². The quantitative estimate of drug-likeness (QED) is 0.555. The van der Waals surface area contributed by atoms with Crippen molar-refractivity contribution in [1.82, 2.24) is 14.7 Å². The van der Waals surface area contributed by atoms with E-state index in [2.05, 4.69) is 39.6 Å². The predicted molar refractivity (Wildman–Crippen MR) is 100 cm³/mol. The summed E-state index contributed by atoms with van der Waals surface area (Å²) in [6.45, 7) is 0.536. The van der Waals surface area contributed by atoms with Crippen LogP contribution in [0.2, 0.25) is 0 Å². The van der Waals surface area contributed by atoms with Gasteiger partial charge in [0.25, 0.3) is 5.56 Å². The minimum Gasteiger partial charge on any atom is -0.423 e. The molecule has 128 valence electrons. The van der Waals surface area contributed by atoms with Gasteiger partial charge in [-0.2, -0.15) is 0 Å². The fourth-order valence-corrected chi connectivity index (χ4v) is 2.84. The smallest absolute Gasteiger partial charge is 0.286 e. The third kappa shape index (κ3) is 3.00. The number of hydrogen-bond acceptors (Lipinski definition) is 5. The van der Waals surface area contributed by atoms with Gasteiger partial charge >= 0.3 is 0 Å². The highest BCUT2D eigenvalue weighted by atomic mass is 16.5. The van der Waals surface area contributed by atoms with E-state index in [0.29, 0.717) is 22.3 Å². The van der Waals surface area contributed by atoms with Crippen molar-refractivity contribution < 1.29 is 5.21 Å².